The van der Waals surface area contributed by atoms with Crippen molar-refractivity contribution in [3.8, 4) is 0 Å². The van der Waals surface area contributed by atoms with E-state index < -0.39 is 0 Å². The van der Waals surface area contributed by atoms with Gasteiger partial charge < -0.3 is 14.6 Å². The fourth-order valence-corrected chi connectivity index (χ4v) is 2.94. The second-order valence-electron chi connectivity index (χ2n) is 6.37. The van der Waals surface area contributed by atoms with Gasteiger partial charge in [0.1, 0.15) is 11.5 Å². The van der Waals surface area contributed by atoms with E-state index in [1.165, 1.54) is 6.42 Å². The number of carbonyl (C=O) groups excluding carboxylic acids is 1. The number of likely N-dealkylation sites (N-methyl/N-ethyl adjacent to an activating group) is 2. The van der Waals surface area contributed by atoms with Crippen molar-refractivity contribution in [1.82, 2.24) is 10.2 Å². The minimum atomic E-state index is 0.132. The summed E-state index contributed by atoms with van der Waals surface area (Å²) in [6.07, 6.45) is 2.18. The Morgan fingerprint density at radius 3 is 2.60 bits per heavy atom. The zero-order valence-corrected chi connectivity index (χ0v) is 12.6. The van der Waals surface area contributed by atoms with Crippen molar-refractivity contribution in [3.05, 3.63) is 23.7 Å². The van der Waals surface area contributed by atoms with Crippen LogP contribution in [0, 0.1) is 11.8 Å². The summed E-state index contributed by atoms with van der Waals surface area (Å²) in [7, 11) is 3.79. The summed E-state index contributed by atoms with van der Waals surface area (Å²) >= 11 is 0. The number of nitrogens with zero attached hydrogens (tertiary/aromatic N) is 1. The van der Waals surface area contributed by atoms with E-state index in [9.17, 15) is 4.79 Å². The van der Waals surface area contributed by atoms with Gasteiger partial charge in [-0.15, -0.1) is 0 Å². The number of nitrogens with one attached hydrogen (secondary N) is 1. The first-order chi connectivity index (χ1) is 9.61. The maximum atomic E-state index is 12.3. The highest BCUT2D eigenvalue weighted by Crippen LogP contribution is 2.52. The molecule has 110 valence electrons. The molecular weight excluding hydrogens is 252 g/mol. The fraction of sp³-hybridized carbons (Fsp3) is 0.688. The molecule has 20 heavy (non-hydrogen) atoms. The van der Waals surface area contributed by atoms with E-state index in [0.717, 1.165) is 36.9 Å². The highest BCUT2D eigenvalue weighted by Gasteiger charge is 2.47. The van der Waals surface area contributed by atoms with Gasteiger partial charge in [0.15, 0.2) is 0 Å². The number of hydrogen-bond donors (Lipinski definition) is 1. The van der Waals surface area contributed by atoms with Crippen molar-refractivity contribution in [1.29, 1.82) is 0 Å². The van der Waals surface area contributed by atoms with E-state index in [4.69, 9.17) is 4.42 Å². The summed E-state index contributed by atoms with van der Waals surface area (Å²) in [4.78, 5) is 14.1. The quantitative estimate of drug-likeness (QED) is 0.866. The van der Waals surface area contributed by atoms with Gasteiger partial charge in [-0.3, -0.25) is 4.79 Å². The third-order valence-corrected chi connectivity index (χ3v) is 4.67. The lowest BCUT2D eigenvalue weighted by Gasteiger charge is -2.16. The molecule has 2 aliphatic carbocycles. The standard InChI is InChI=1S/C16H24N2O2/c1-10-8-11(10)14-4-5-15(20-14)12-9-13(12)16(19)18(3)7-6-17-2/h4-5,10-13,17H,6-9H2,1-3H3. The lowest BCUT2D eigenvalue weighted by atomic mass is 10.2. The first-order valence-electron chi connectivity index (χ1n) is 7.61. The predicted molar refractivity (Wildman–Crippen MR) is 77.6 cm³/mol. The SMILES string of the molecule is CNCCN(C)C(=O)C1CC1c1ccc(C2CC2C)o1. The Bertz CT molecular complexity index is 496. The van der Waals surface area contributed by atoms with Crippen molar-refractivity contribution >= 4 is 5.91 Å². The van der Waals surface area contributed by atoms with Crippen molar-refractivity contribution in [2.24, 2.45) is 11.8 Å². The van der Waals surface area contributed by atoms with E-state index >= 15 is 0 Å². The maximum Gasteiger partial charge on any atom is 0.226 e. The molecule has 1 amide bonds. The summed E-state index contributed by atoms with van der Waals surface area (Å²) in [5, 5.41) is 3.07. The highest BCUT2D eigenvalue weighted by atomic mass is 16.3. The fourth-order valence-electron chi connectivity index (χ4n) is 2.94. The Morgan fingerprint density at radius 1 is 1.35 bits per heavy atom. The van der Waals surface area contributed by atoms with Crippen LogP contribution in [0.3, 0.4) is 0 Å². The molecule has 3 rings (SSSR count). The van der Waals surface area contributed by atoms with Gasteiger partial charge in [0.05, 0.1) is 0 Å². The molecule has 0 aromatic carbocycles. The molecular formula is C16H24N2O2. The number of amides is 1. The molecule has 1 N–H and O–H groups in total. The van der Waals surface area contributed by atoms with Crippen molar-refractivity contribution < 1.29 is 9.21 Å². The number of hydrogen-bond acceptors (Lipinski definition) is 3. The molecule has 2 saturated carbocycles. The van der Waals surface area contributed by atoms with Crippen LogP contribution in [0.2, 0.25) is 0 Å². The topological polar surface area (TPSA) is 45.5 Å². The first kappa shape index (κ1) is 13.7. The van der Waals surface area contributed by atoms with Crippen molar-refractivity contribution in [2.75, 3.05) is 27.2 Å². The molecule has 4 heteroatoms. The molecule has 2 fully saturated rings. The van der Waals surface area contributed by atoms with Gasteiger partial charge in [0, 0.05) is 37.9 Å². The number of furan rings is 1. The Labute approximate surface area is 120 Å². The van der Waals surface area contributed by atoms with Crippen LogP contribution in [0.15, 0.2) is 16.5 Å². The minimum absolute atomic E-state index is 0.132. The third-order valence-electron chi connectivity index (χ3n) is 4.67. The first-order valence-corrected chi connectivity index (χ1v) is 7.61. The second-order valence-corrected chi connectivity index (χ2v) is 6.37. The molecule has 4 atom stereocenters. The van der Waals surface area contributed by atoms with E-state index in [-0.39, 0.29) is 11.8 Å². The minimum Gasteiger partial charge on any atom is -0.465 e. The van der Waals surface area contributed by atoms with E-state index in [1.54, 1.807) is 0 Å². The zero-order valence-electron chi connectivity index (χ0n) is 12.6. The van der Waals surface area contributed by atoms with Gasteiger partial charge in [-0.1, -0.05) is 6.92 Å². The molecule has 0 spiro atoms. The largest absolute Gasteiger partial charge is 0.465 e. The molecule has 2 aliphatic rings. The van der Waals surface area contributed by atoms with Gasteiger partial charge in [-0.2, -0.15) is 0 Å². The summed E-state index contributed by atoms with van der Waals surface area (Å²) in [6.45, 7) is 3.86. The van der Waals surface area contributed by atoms with Gasteiger partial charge in [0.25, 0.3) is 0 Å². The smallest absolute Gasteiger partial charge is 0.226 e. The summed E-state index contributed by atoms with van der Waals surface area (Å²) in [5.41, 5.74) is 0. The highest BCUT2D eigenvalue weighted by molar-refractivity contribution is 5.82. The molecule has 1 aromatic rings. The number of carbonyl (C=O) groups is 1. The molecule has 0 bridgehead atoms. The second kappa shape index (κ2) is 5.24. The Hall–Kier alpha value is -1.29. The Balaban J connectivity index is 1.55. The molecule has 0 radical (unpaired) electrons. The number of rotatable bonds is 6. The molecule has 1 heterocycles. The molecule has 4 nitrogen and oxygen atoms in total. The summed E-state index contributed by atoms with van der Waals surface area (Å²) < 4.78 is 5.96. The molecule has 1 aromatic heterocycles. The van der Waals surface area contributed by atoms with E-state index in [2.05, 4.69) is 24.4 Å². The van der Waals surface area contributed by atoms with Crippen molar-refractivity contribution in [3.63, 3.8) is 0 Å². The lowest BCUT2D eigenvalue weighted by Crippen LogP contribution is -2.34. The van der Waals surface area contributed by atoms with Gasteiger partial charge >= 0.3 is 0 Å². The van der Waals surface area contributed by atoms with E-state index in [0.29, 0.717) is 11.8 Å². The summed E-state index contributed by atoms with van der Waals surface area (Å²) in [5.74, 6) is 4.21. The van der Waals surface area contributed by atoms with Crippen LogP contribution in [-0.2, 0) is 4.79 Å². The van der Waals surface area contributed by atoms with Gasteiger partial charge in [0.2, 0.25) is 5.91 Å². The van der Waals surface area contributed by atoms with Gasteiger partial charge in [-0.05, 0) is 37.9 Å². The summed E-state index contributed by atoms with van der Waals surface area (Å²) in [6, 6.07) is 4.18. The van der Waals surface area contributed by atoms with Crippen LogP contribution >= 0.6 is 0 Å². The van der Waals surface area contributed by atoms with E-state index in [1.807, 2.05) is 19.0 Å². The molecule has 0 aliphatic heterocycles. The lowest BCUT2D eigenvalue weighted by molar-refractivity contribution is -0.131. The van der Waals surface area contributed by atoms with Crippen molar-refractivity contribution in [2.45, 2.75) is 31.6 Å². The average Bonchev–Trinajstić information content (AvgIpc) is 3.34. The molecule has 0 saturated heterocycles. The van der Waals surface area contributed by atoms with Crippen LogP contribution in [0.5, 0.6) is 0 Å². The van der Waals surface area contributed by atoms with Crippen LogP contribution in [0.25, 0.3) is 0 Å². The third kappa shape index (κ3) is 2.62. The maximum absolute atomic E-state index is 12.3. The molecule has 4 unspecified atom stereocenters. The van der Waals surface area contributed by atoms with Gasteiger partial charge in [-0.25, -0.2) is 0 Å². The van der Waals surface area contributed by atoms with Crippen LogP contribution in [0.4, 0.5) is 0 Å². The van der Waals surface area contributed by atoms with Crippen LogP contribution in [-0.4, -0.2) is 38.0 Å². The zero-order chi connectivity index (χ0) is 14.3. The normalized spacial score (nSPS) is 31.1. The average molecular weight is 276 g/mol. The Kier molecular flexibility index (Phi) is 3.59. The Morgan fingerprint density at radius 2 is 2.00 bits per heavy atom. The predicted octanol–water partition coefficient (Wildman–Crippen LogP) is 2.18. The van der Waals surface area contributed by atoms with Crippen LogP contribution in [0.1, 0.15) is 43.1 Å². The monoisotopic (exact) mass is 276 g/mol. The van der Waals surface area contributed by atoms with Crippen LogP contribution < -0.4 is 5.32 Å².